The molecule has 2 rings (SSSR count). The van der Waals surface area contributed by atoms with E-state index in [1.807, 2.05) is 0 Å². The van der Waals surface area contributed by atoms with Crippen molar-refractivity contribution in [3.05, 3.63) is 11.6 Å². The second-order valence-electron chi connectivity index (χ2n) is 6.54. The Bertz CT molecular complexity index is 493. The summed E-state index contributed by atoms with van der Waals surface area (Å²) in [6, 6.07) is 0. The minimum atomic E-state index is -4.43. The van der Waals surface area contributed by atoms with E-state index in [0.717, 1.165) is 11.9 Å². The lowest BCUT2D eigenvalue weighted by molar-refractivity contribution is -0.148. The lowest BCUT2D eigenvalue weighted by atomic mass is 9.81. The molecule has 0 fully saturated rings. The van der Waals surface area contributed by atoms with Crippen LogP contribution in [0.1, 0.15) is 32.4 Å². The summed E-state index contributed by atoms with van der Waals surface area (Å²) in [4.78, 5) is 2.15. The molecule has 21 heavy (non-hydrogen) atoms. The van der Waals surface area contributed by atoms with Gasteiger partial charge in [0.2, 0.25) is 5.82 Å². The summed E-state index contributed by atoms with van der Waals surface area (Å²) in [6.07, 6.45) is -4.43. The lowest BCUT2D eigenvalue weighted by Gasteiger charge is -2.36. The maximum atomic E-state index is 12.8. The van der Waals surface area contributed by atoms with Crippen molar-refractivity contribution in [2.75, 3.05) is 18.4 Å². The van der Waals surface area contributed by atoms with Crippen LogP contribution in [0.2, 0.25) is 0 Å². The quantitative estimate of drug-likeness (QED) is 0.768. The number of hydrogen-bond donors (Lipinski definition) is 0. The zero-order valence-corrected chi connectivity index (χ0v) is 14.0. The van der Waals surface area contributed by atoms with Gasteiger partial charge >= 0.3 is 6.18 Å². The summed E-state index contributed by atoms with van der Waals surface area (Å²) in [5.41, 5.74) is 0.145. The molecule has 0 aliphatic carbocycles. The number of alkyl halides is 4. The Kier molecular flexibility index (Phi) is 4.68. The Balaban J connectivity index is 2.09. The average molecular weight is 369 g/mol. The fourth-order valence-corrected chi connectivity index (χ4v) is 3.62. The molecule has 1 aromatic heterocycles. The van der Waals surface area contributed by atoms with E-state index >= 15 is 0 Å². The van der Waals surface area contributed by atoms with Crippen LogP contribution < -0.4 is 0 Å². The summed E-state index contributed by atoms with van der Waals surface area (Å²) in [5.74, 6) is -0.0603. The third-order valence-electron chi connectivity index (χ3n) is 3.98. The van der Waals surface area contributed by atoms with E-state index in [2.05, 4.69) is 51.8 Å². The maximum Gasteiger partial charge on any atom is 0.451 e. The number of hydrogen-bond acceptors (Lipinski definition) is 3. The molecule has 120 valence electrons. The van der Waals surface area contributed by atoms with Crippen LogP contribution in [0.15, 0.2) is 0 Å². The van der Waals surface area contributed by atoms with Gasteiger partial charge in [-0.05, 0) is 11.3 Å². The molecular formula is C13H20BrF3N4. The third-order valence-corrected chi connectivity index (χ3v) is 4.76. The second-order valence-corrected chi connectivity index (χ2v) is 7.19. The molecule has 1 aromatic rings. The lowest BCUT2D eigenvalue weighted by Crippen LogP contribution is -2.41. The fourth-order valence-electron chi connectivity index (χ4n) is 2.44. The van der Waals surface area contributed by atoms with Crippen molar-refractivity contribution < 1.29 is 13.2 Å². The Morgan fingerprint density at radius 1 is 1.19 bits per heavy atom. The Hall–Kier alpha value is -0.630. The fraction of sp³-hybridized carbons (Fsp3) is 0.846. The summed E-state index contributed by atoms with van der Waals surface area (Å²) in [5, 5.41) is 7.88. The van der Waals surface area contributed by atoms with Gasteiger partial charge in [0.1, 0.15) is 5.82 Å². The van der Waals surface area contributed by atoms with Crippen LogP contribution >= 0.6 is 15.9 Å². The molecule has 0 N–H and O–H groups in total. The molecule has 1 atom stereocenters. The van der Waals surface area contributed by atoms with E-state index in [1.54, 1.807) is 0 Å². The number of halogens is 4. The highest BCUT2D eigenvalue weighted by molar-refractivity contribution is 9.09. The number of fused-ring (bicyclic) bond motifs is 1. The standard InChI is InChI=1S/C13H20BrF3N4/c1-12(2,3)9(6-14)7-20-4-5-21-10(8-20)18-19-11(21)13(15,16)17/h9H,4-8H2,1-3H3. The summed E-state index contributed by atoms with van der Waals surface area (Å²) in [6.45, 7) is 8.66. The minimum absolute atomic E-state index is 0.145. The molecular weight excluding hydrogens is 349 g/mol. The largest absolute Gasteiger partial charge is 0.451 e. The van der Waals surface area contributed by atoms with E-state index in [1.165, 1.54) is 4.57 Å². The van der Waals surface area contributed by atoms with Crippen LogP contribution in [-0.2, 0) is 19.3 Å². The van der Waals surface area contributed by atoms with Gasteiger partial charge in [0.05, 0.1) is 6.54 Å². The van der Waals surface area contributed by atoms with Crippen molar-refractivity contribution in [3.8, 4) is 0 Å². The highest BCUT2D eigenvalue weighted by Crippen LogP contribution is 2.31. The predicted molar refractivity (Wildman–Crippen MR) is 77.0 cm³/mol. The molecule has 0 amide bonds. The van der Waals surface area contributed by atoms with Gasteiger partial charge in [-0.25, -0.2) is 0 Å². The molecule has 1 aliphatic rings. The van der Waals surface area contributed by atoms with Crippen LogP contribution in [0.4, 0.5) is 13.2 Å². The zero-order valence-electron chi connectivity index (χ0n) is 12.4. The smallest absolute Gasteiger partial charge is 0.305 e. The molecule has 1 unspecified atom stereocenters. The number of rotatable bonds is 3. The van der Waals surface area contributed by atoms with E-state index in [-0.39, 0.29) is 12.0 Å². The normalized spacial score (nSPS) is 18.6. The van der Waals surface area contributed by atoms with Gasteiger partial charge in [0.15, 0.2) is 0 Å². The topological polar surface area (TPSA) is 34.0 Å². The van der Waals surface area contributed by atoms with E-state index in [9.17, 15) is 13.2 Å². The third kappa shape index (κ3) is 3.77. The first-order valence-electron chi connectivity index (χ1n) is 6.90. The van der Waals surface area contributed by atoms with Crippen LogP contribution in [0.3, 0.4) is 0 Å². The van der Waals surface area contributed by atoms with Crippen molar-refractivity contribution in [2.24, 2.45) is 11.3 Å². The summed E-state index contributed by atoms with van der Waals surface area (Å²) < 4.78 is 39.5. The van der Waals surface area contributed by atoms with E-state index in [4.69, 9.17) is 0 Å². The van der Waals surface area contributed by atoms with E-state index < -0.39 is 12.0 Å². The molecule has 0 spiro atoms. The summed E-state index contributed by atoms with van der Waals surface area (Å²) >= 11 is 3.53. The highest BCUT2D eigenvalue weighted by Gasteiger charge is 2.39. The van der Waals surface area contributed by atoms with Crippen molar-refractivity contribution >= 4 is 15.9 Å². The van der Waals surface area contributed by atoms with Crippen molar-refractivity contribution in [2.45, 2.75) is 40.0 Å². The van der Waals surface area contributed by atoms with Crippen molar-refractivity contribution in [1.29, 1.82) is 0 Å². The van der Waals surface area contributed by atoms with Gasteiger partial charge in [0, 0.05) is 25.0 Å². The minimum Gasteiger partial charge on any atom is -0.305 e. The Morgan fingerprint density at radius 2 is 1.86 bits per heavy atom. The van der Waals surface area contributed by atoms with Crippen LogP contribution in [0.25, 0.3) is 0 Å². The molecule has 0 aromatic carbocycles. The van der Waals surface area contributed by atoms with Crippen LogP contribution in [-0.4, -0.2) is 38.1 Å². The number of nitrogens with zero attached hydrogens (tertiary/aromatic N) is 4. The Labute approximate surface area is 130 Å². The summed E-state index contributed by atoms with van der Waals surface area (Å²) in [7, 11) is 0. The molecule has 0 saturated heterocycles. The van der Waals surface area contributed by atoms with Gasteiger partial charge < -0.3 is 4.57 Å². The van der Waals surface area contributed by atoms with Gasteiger partial charge in [-0.1, -0.05) is 36.7 Å². The maximum absolute atomic E-state index is 12.8. The molecule has 8 heteroatoms. The molecule has 2 heterocycles. The van der Waals surface area contributed by atoms with Gasteiger partial charge in [-0.2, -0.15) is 13.2 Å². The van der Waals surface area contributed by atoms with Crippen molar-refractivity contribution in [3.63, 3.8) is 0 Å². The SMILES string of the molecule is CC(C)(C)C(CBr)CN1CCn2c(nnc2C(F)(F)F)C1. The monoisotopic (exact) mass is 368 g/mol. The van der Waals surface area contributed by atoms with Crippen LogP contribution in [0.5, 0.6) is 0 Å². The van der Waals surface area contributed by atoms with Crippen molar-refractivity contribution in [1.82, 2.24) is 19.7 Å². The zero-order chi connectivity index (χ0) is 15.8. The highest BCUT2D eigenvalue weighted by atomic mass is 79.9. The molecule has 0 radical (unpaired) electrons. The first-order chi connectivity index (χ1) is 9.63. The average Bonchev–Trinajstić information content (AvgIpc) is 2.77. The molecule has 1 aliphatic heterocycles. The van der Waals surface area contributed by atoms with Crippen LogP contribution in [0, 0.1) is 11.3 Å². The van der Waals surface area contributed by atoms with E-state index in [0.29, 0.717) is 24.8 Å². The van der Waals surface area contributed by atoms with Gasteiger partial charge in [-0.3, -0.25) is 4.90 Å². The molecule has 4 nitrogen and oxygen atoms in total. The first-order valence-corrected chi connectivity index (χ1v) is 8.02. The molecule has 0 bridgehead atoms. The van der Waals surface area contributed by atoms with Gasteiger partial charge in [-0.15, -0.1) is 10.2 Å². The van der Waals surface area contributed by atoms with Gasteiger partial charge in [0.25, 0.3) is 0 Å². The first kappa shape index (κ1) is 16.7. The Morgan fingerprint density at radius 3 is 2.38 bits per heavy atom. The second kappa shape index (κ2) is 5.87. The molecule has 0 saturated carbocycles. The predicted octanol–water partition coefficient (Wildman–Crippen LogP) is 3.17. The number of aromatic nitrogens is 3.